The predicted molar refractivity (Wildman–Crippen MR) is 49.5 cm³/mol. The SMILES string of the molecule is CC(C)=C(F)/C(F)=C(F)\C(=C\F)S(=O)(=O)O. The molecular weight excluding hydrogens is 252 g/mol. The number of hydrogen-bond acceptors (Lipinski definition) is 2. The Hall–Kier alpha value is -1.15. The molecule has 0 heterocycles. The smallest absolute Gasteiger partial charge is 0.282 e. The van der Waals surface area contributed by atoms with Crippen molar-refractivity contribution in [3.63, 3.8) is 0 Å². The lowest BCUT2D eigenvalue weighted by Gasteiger charge is -2.01. The zero-order valence-corrected chi connectivity index (χ0v) is 9.08. The van der Waals surface area contributed by atoms with Crippen molar-refractivity contribution >= 4 is 10.1 Å². The Morgan fingerprint density at radius 3 is 1.75 bits per heavy atom. The molecule has 16 heavy (non-hydrogen) atoms. The fourth-order valence-corrected chi connectivity index (χ4v) is 1.07. The molecule has 0 aliphatic carbocycles. The van der Waals surface area contributed by atoms with E-state index in [4.69, 9.17) is 4.55 Å². The van der Waals surface area contributed by atoms with Crippen molar-refractivity contribution in [1.82, 2.24) is 0 Å². The van der Waals surface area contributed by atoms with E-state index in [1.807, 2.05) is 0 Å². The molecule has 0 saturated carbocycles. The summed E-state index contributed by atoms with van der Waals surface area (Å²) >= 11 is 0. The van der Waals surface area contributed by atoms with Gasteiger partial charge in [0.05, 0.1) is 0 Å². The molecule has 8 heteroatoms. The minimum Gasteiger partial charge on any atom is -0.282 e. The average molecular weight is 260 g/mol. The van der Waals surface area contributed by atoms with Gasteiger partial charge in [-0.25, -0.2) is 17.6 Å². The quantitative estimate of drug-likeness (QED) is 0.482. The fraction of sp³-hybridized carbons (Fsp3) is 0.250. The maximum atomic E-state index is 13.0. The van der Waals surface area contributed by atoms with E-state index in [9.17, 15) is 26.0 Å². The summed E-state index contributed by atoms with van der Waals surface area (Å²) in [5, 5.41) is 0. The van der Waals surface area contributed by atoms with E-state index in [1.54, 1.807) is 0 Å². The molecule has 92 valence electrons. The highest BCUT2D eigenvalue weighted by molar-refractivity contribution is 7.90. The van der Waals surface area contributed by atoms with Gasteiger partial charge in [0.2, 0.25) is 0 Å². The summed E-state index contributed by atoms with van der Waals surface area (Å²) in [7, 11) is -5.29. The summed E-state index contributed by atoms with van der Waals surface area (Å²) in [5.41, 5.74) is -0.277. The molecule has 0 aliphatic rings. The second-order valence-corrected chi connectivity index (χ2v) is 4.28. The Balaban J connectivity index is 5.78. The van der Waals surface area contributed by atoms with E-state index >= 15 is 0 Å². The Morgan fingerprint density at radius 1 is 1.06 bits per heavy atom. The minimum atomic E-state index is -5.29. The molecule has 0 saturated heterocycles. The number of halogens is 4. The van der Waals surface area contributed by atoms with Gasteiger partial charge in [-0.15, -0.1) is 0 Å². The zero-order valence-electron chi connectivity index (χ0n) is 8.26. The van der Waals surface area contributed by atoms with Crippen LogP contribution >= 0.6 is 0 Å². The van der Waals surface area contributed by atoms with E-state index < -0.39 is 38.8 Å². The third-order valence-electron chi connectivity index (χ3n) is 1.42. The topological polar surface area (TPSA) is 54.4 Å². The van der Waals surface area contributed by atoms with Crippen LogP contribution in [0.2, 0.25) is 0 Å². The first kappa shape index (κ1) is 14.8. The van der Waals surface area contributed by atoms with E-state index in [1.165, 1.54) is 0 Å². The molecule has 0 amide bonds. The van der Waals surface area contributed by atoms with Crippen LogP contribution in [0, 0.1) is 0 Å². The zero-order chi connectivity index (χ0) is 13.1. The van der Waals surface area contributed by atoms with Crippen LogP contribution in [0.1, 0.15) is 13.8 Å². The van der Waals surface area contributed by atoms with Crippen LogP contribution in [-0.2, 0) is 10.1 Å². The first-order valence-corrected chi connectivity index (χ1v) is 5.23. The summed E-state index contributed by atoms with van der Waals surface area (Å²) < 4.78 is 79.7. The maximum Gasteiger partial charge on any atom is 0.299 e. The Kier molecular flexibility index (Phi) is 4.88. The fourth-order valence-electron chi connectivity index (χ4n) is 0.641. The molecule has 0 aromatic heterocycles. The summed E-state index contributed by atoms with van der Waals surface area (Å²) in [6.07, 6.45) is -0.873. The highest BCUT2D eigenvalue weighted by Gasteiger charge is 2.25. The van der Waals surface area contributed by atoms with Crippen LogP contribution in [0.25, 0.3) is 0 Å². The van der Waals surface area contributed by atoms with Crippen molar-refractivity contribution in [2.75, 3.05) is 0 Å². The van der Waals surface area contributed by atoms with Crippen molar-refractivity contribution < 1.29 is 30.5 Å². The van der Waals surface area contributed by atoms with Gasteiger partial charge in [-0.05, 0) is 19.4 Å². The number of rotatable bonds is 3. The number of allylic oxidation sites excluding steroid dienone is 4. The minimum absolute atomic E-state index is 0.277. The highest BCUT2D eigenvalue weighted by Crippen LogP contribution is 2.28. The molecule has 0 aromatic rings. The molecule has 0 bridgehead atoms. The molecule has 1 N–H and O–H groups in total. The third kappa shape index (κ3) is 3.46. The second-order valence-electron chi connectivity index (χ2n) is 2.89. The van der Waals surface area contributed by atoms with Crippen LogP contribution in [0.15, 0.2) is 34.3 Å². The Morgan fingerprint density at radius 2 is 1.50 bits per heavy atom. The van der Waals surface area contributed by atoms with Crippen LogP contribution < -0.4 is 0 Å². The number of hydrogen-bond donors (Lipinski definition) is 1. The van der Waals surface area contributed by atoms with Crippen molar-refractivity contribution in [2.24, 2.45) is 0 Å². The molecule has 0 aliphatic heterocycles. The van der Waals surface area contributed by atoms with Crippen molar-refractivity contribution in [2.45, 2.75) is 13.8 Å². The lowest BCUT2D eigenvalue weighted by Crippen LogP contribution is -2.03. The molecule has 0 spiro atoms. The first-order chi connectivity index (χ1) is 7.12. The monoisotopic (exact) mass is 260 g/mol. The standard InChI is InChI=1S/C8H8F4O3S/c1-4(2)6(10)8(12)7(11)5(3-9)16(13,14)15/h3H,1-2H3,(H,13,14,15)/b5-3-,8-7-. The summed E-state index contributed by atoms with van der Waals surface area (Å²) in [4.78, 5) is -1.97. The molecule has 0 rings (SSSR count). The summed E-state index contributed by atoms with van der Waals surface area (Å²) in [5.74, 6) is -6.19. The van der Waals surface area contributed by atoms with E-state index in [0.717, 1.165) is 13.8 Å². The molecular formula is C8H8F4O3S. The second kappa shape index (κ2) is 5.26. The van der Waals surface area contributed by atoms with Crippen LogP contribution in [0.3, 0.4) is 0 Å². The van der Waals surface area contributed by atoms with Gasteiger partial charge < -0.3 is 0 Å². The van der Waals surface area contributed by atoms with Gasteiger partial charge in [0.1, 0.15) is 6.33 Å². The Labute approximate surface area is 89.5 Å². The first-order valence-electron chi connectivity index (χ1n) is 3.79. The highest BCUT2D eigenvalue weighted by atomic mass is 32.2. The van der Waals surface area contributed by atoms with Gasteiger partial charge >= 0.3 is 0 Å². The van der Waals surface area contributed by atoms with Gasteiger partial charge in [0.25, 0.3) is 10.1 Å². The van der Waals surface area contributed by atoms with Gasteiger partial charge in [-0.3, -0.25) is 4.55 Å². The molecule has 0 fully saturated rings. The van der Waals surface area contributed by atoms with Gasteiger partial charge in [0.15, 0.2) is 22.4 Å². The molecule has 0 unspecified atom stereocenters. The third-order valence-corrected chi connectivity index (χ3v) is 2.24. The molecule has 0 atom stereocenters. The normalized spacial score (nSPS) is 14.6. The molecule has 0 aromatic carbocycles. The largest absolute Gasteiger partial charge is 0.299 e. The van der Waals surface area contributed by atoms with E-state index in [2.05, 4.69) is 0 Å². The maximum absolute atomic E-state index is 13.0. The summed E-state index contributed by atoms with van der Waals surface area (Å²) in [6.45, 7) is 2.18. The average Bonchev–Trinajstić information content (AvgIpc) is 2.13. The van der Waals surface area contributed by atoms with Crippen LogP contribution in [0.4, 0.5) is 17.6 Å². The predicted octanol–water partition coefficient (Wildman–Crippen LogP) is 3.10. The van der Waals surface area contributed by atoms with Gasteiger partial charge in [-0.1, -0.05) is 0 Å². The van der Waals surface area contributed by atoms with Gasteiger partial charge in [-0.2, -0.15) is 8.42 Å². The lowest BCUT2D eigenvalue weighted by molar-refractivity contribution is 0.474. The van der Waals surface area contributed by atoms with Crippen molar-refractivity contribution in [3.05, 3.63) is 34.3 Å². The van der Waals surface area contributed by atoms with Crippen LogP contribution in [0.5, 0.6) is 0 Å². The van der Waals surface area contributed by atoms with E-state index in [0.29, 0.717) is 0 Å². The molecule has 3 nitrogen and oxygen atoms in total. The van der Waals surface area contributed by atoms with Crippen molar-refractivity contribution in [1.29, 1.82) is 0 Å². The summed E-state index contributed by atoms with van der Waals surface area (Å²) in [6, 6.07) is 0. The van der Waals surface area contributed by atoms with Crippen molar-refractivity contribution in [3.8, 4) is 0 Å². The Bertz CT molecular complexity index is 470. The van der Waals surface area contributed by atoms with Gasteiger partial charge in [0, 0.05) is 0 Å². The lowest BCUT2D eigenvalue weighted by atomic mass is 10.2. The van der Waals surface area contributed by atoms with E-state index in [-0.39, 0.29) is 5.57 Å². The van der Waals surface area contributed by atoms with Crippen LogP contribution in [-0.4, -0.2) is 13.0 Å². The molecule has 0 radical (unpaired) electrons.